The number of imide groups is 1. The number of nitrogens with zero attached hydrogens (tertiary/aromatic N) is 1. The van der Waals surface area contributed by atoms with Gasteiger partial charge in [-0.25, -0.2) is 0 Å². The highest BCUT2D eigenvalue weighted by molar-refractivity contribution is 8.77. The Balaban J connectivity index is 1.86. The van der Waals surface area contributed by atoms with Gasteiger partial charge in [0.15, 0.2) is 7.98 Å². The van der Waals surface area contributed by atoms with E-state index in [1.165, 1.54) is 12.2 Å². The molecule has 0 spiro atoms. The van der Waals surface area contributed by atoms with Crippen LogP contribution >= 0.6 is 21.6 Å². The van der Waals surface area contributed by atoms with Crippen molar-refractivity contribution in [2.45, 2.75) is 31.4 Å². The van der Waals surface area contributed by atoms with Gasteiger partial charge in [-0.15, -0.1) is 0 Å². The first-order chi connectivity index (χ1) is 17.2. The van der Waals surface area contributed by atoms with Crippen molar-refractivity contribution in [3.8, 4) is 0 Å². The minimum absolute atomic E-state index is 0.00710. The summed E-state index contributed by atoms with van der Waals surface area (Å²) in [7, 11) is 8.60. The minimum Gasteiger partial charge on any atom is -0.377 e. The van der Waals surface area contributed by atoms with Crippen molar-refractivity contribution in [2.75, 3.05) is 71.6 Å². The van der Waals surface area contributed by atoms with Crippen LogP contribution in [0.2, 0.25) is 0 Å². The summed E-state index contributed by atoms with van der Waals surface area (Å²) >= 11 is 0. The second-order valence-corrected chi connectivity index (χ2v) is 11.4. The molecule has 4 amide bonds. The van der Waals surface area contributed by atoms with Gasteiger partial charge in [-0.2, -0.15) is 0 Å². The van der Waals surface area contributed by atoms with Crippen molar-refractivity contribution in [1.82, 2.24) is 20.8 Å². The summed E-state index contributed by atoms with van der Waals surface area (Å²) in [5.41, 5.74) is 0. The summed E-state index contributed by atoms with van der Waals surface area (Å²) < 4.78 is 16.1. The van der Waals surface area contributed by atoms with Gasteiger partial charge in [0.25, 0.3) is 11.8 Å². The molecule has 0 bridgehead atoms. The molecule has 1 aliphatic heterocycles. The van der Waals surface area contributed by atoms with Crippen molar-refractivity contribution >= 4 is 53.2 Å². The lowest BCUT2D eigenvalue weighted by molar-refractivity contribution is -0.137. The molecule has 14 heteroatoms. The number of nitrogens with one attached hydrogen (secondary N) is 3. The van der Waals surface area contributed by atoms with E-state index >= 15 is 0 Å². The Kier molecular flexibility index (Phi) is 17.6. The number of amides is 4. The molecule has 0 aromatic heterocycles. The first-order valence-corrected chi connectivity index (χ1v) is 14.1. The number of carbonyl (C=O) groups is 4. The first-order valence-electron chi connectivity index (χ1n) is 11.8. The molecule has 1 heterocycles. The summed E-state index contributed by atoms with van der Waals surface area (Å²) in [6, 6.07) is 0. The van der Waals surface area contributed by atoms with Gasteiger partial charge in [0.2, 0.25) is 11.8 Å². The van der Waals surface area contributed by atoms with Crippen LogP contribution in [-0.4, -0.2) is 113 Å². The molecule has 0 saturated heterocycles. The number of rotatable bonds is 22. The molecule has 0 aromatic rings. The zero-order valence-corrected chi connectivity index (χ0v) is 22.7. The number of hydrogen-bond acceptors (Lipinski definition) is 10. The summed E-state index contributed by atoms with van der Waals surface area (Å²) in [5, 5.41) is 8.13. The van der Waals surface area contributed by atoms with Crippen molar-refractivity contribution in [1.29, 1.82) is 0 Å². The fraction of sp³-hybridized carbons (Fsp3) is 0.727. The Morgan fingerprint density at radius 1 is 0.889 bits per heavy atom. The smallest absolute Gasteiger partial charge is 0.253 e. The molecule has 0 fully saturated rings. The third-order valence-electron chi connectivity index (χ3n) is 4.54. The monoisotopic (exact) mass is 544 g/mol. The summed E-state index contributed by atoms with van der Waals surface area (Å²) in [4.78, 5) is 47.6. The average Bonchev–Trinajstić information content (AvgIpc) is 3.15. The molecule has 202 valence electrons. The third-order valence-corrected chi connectivity index (χ3v) is 7.84. The van der Waals surface area contributed by atoms with Gasteiger partial charge in [0.05, 0.1) is 39.6 Å². The molecule has 0 aliphatic carbocycles. The Morgan fingerprint density at radius 2 is 1.42 bits per heavy atom. The standard InChI is InChI=1S/C22H37BN4O7S2/c1-22(2,36-35-16-8-26-23)17-19(29)25-7-11-33-13-15-34-14-12-32-10-6-24-18(28)5-9-27-20(30)3-4-21(27)31/h3-4,26H,5-17H2,1-2H3,(H,24,28)(H,25,29). The fourth-order valence-electron chi connectivity index (χ4n) is 2.80. The lowest BCUT2D eigenvalue weighted by Crippen LogP contribution is -2.35. The second-order valence-electron chi connectivity index (χ2n) is 8.24. The van der Waals surface area contributed by atoms with Crippen molar-refractivity contribution < 1.29 is 33.4 Å². The summed E-state index contributed by atoms with van der Waals surface area (Å²) in [6.45, 7) is 7.97. The van der Waals surface area contributed by atoms with E-state index in [2.05, 4.69) is 15.9 Å². The SMILES string of the molecule is [B]NCCSSC(C)(C)CC(=O)NCCOCCOCCOCCNC(=O)CCN1C(=O)C=CC1=O. The van der Waals surface area contributed by atoms with Gasteiger partial charge in [-0.05, 0) is 20.4 Å². The molecular formula is C22H37BN4O7S2. The number of ether oxygens (including phenoxy) is 3. The maximum absolute atomic E-state index is 12.1. The van der Waals surface area contributed by atoms with Gasteiger partial charge < -0.3 is 30.1 Å². The van der Waals surface area contributed by atoms with Gasteiger partial charge >= 0.3 is 0 Å². The first kappa shape index (κ1) is 32.5. The van der Waals surface area contributed by atoms with E-state index in [-0.39, 0.29) is 29.5 Å². The van der Waals surface area contributed by atoms with Crippen LogP contribution in [0.25, 0.3) is 0 Å². The minimum atomic E-state index is -0.398. The third kappa shape index (κ3) is 16.2. The molecule has 0 atom stereocenters. The molecule has 36 heavy (non-hydrogen) atoms. The average molecular weight is 545 g/mol. The summed E-state index contributed by atoms with van der Waals surface area (Å²) in [5.74, 6) is -0.184. The second kappa shape index (κ2) is 19.5. The topological polar surface area (TPSA) is 135 Å². The van der Waals surface area contributed by atoms with Gasteiger partial charge in [-0.3, -0.25) is 24.1 Å². The Morgan fingerprint density at radius 3 is 1.97 bits per heavy atom. The Bertz CT molecular complexity index is 711. The maximum atomic E-state index is 12.1. The molecular weight excluding hydrogens is 507 g/mol. The highest BCUT2D eigenvalue weighted by Gasteiger charge is 2.24. The molecule has 3 N–H and O–H groups in total. The van der Waals surface area contributed by atoms with Crippen molar-refractivity contribution in [3.05, 3.63) is 12.2 Å². The number of carbonyl (C=O) groups excluding carboxylic acids is 4. The van der Waals surface area contributed by atoms with Gasteiger partial charge in [0, 0.05) is 55.1 Å². The van der Waals surface area contributed by atoms with E-state index in [4.69, 9.17) is 22.2 Å². The Hall–Kier alpha value is -1.58. The van der Waals surface area contributed by atoms with Crippen LogP contribution in [0.4, 0.5) is 0 Å². The number of hydrogen-bond donors (Lipinski definition) is 3. The van der Waals surface area contributed by atoms with Crippen LogP contribution in [0.1, 0.15) is 26.7 Å². The predicted molar refractivity (Wildman–Crippen MR) is 141 cm³/mol. The molecule has 0 saturated carbocycles. The van der Waals surface area contributed by atoms with E-state index in [0.29, 0.717) is 59.2 Å². The van der Waals surface area contributed by atoms with E-state index in [1.807, 2.05) is 13.8 Å². The van der Waals surface area contributed by atoms with E-state index in [9.17, 15) is 19.2 Å². The van der Waals surface area contributed by atoms with Crippen LogP contribution in [0.3, 0.4) is 0 Å². The largest absolute Gasteiger partial charge is 0.377 e. The fourth-order valence-corrected chi connectivity index (χ4v) is 5.23. The lowest BCUT2D eigenvalue weighted by atomic mass is 10.1. The quantitative estimate of drug-likeness (QED) is 0.0728. The molecule has 0 unspecified atom stereocenters. The van der Waals surface area contributed by atoms with Crippen LogP contribution < -0.4 is 15.9 Å². The van der Waals surface area contributed by atoms with Crippen LogP contribution in [0, 0.1) is 0 Å². The molecule has 1 aliphatic rings. The van der Waals surface area contributed by atoms with E-state index in [1.54, 1.807) is 21.6 Å². The Labute approximate surface area is 222 Å². The normalized spacial score (nSPS) is 13.4. The highest BCUT2D eigenvalue weighted by atomic mass is 33.1. The van der Waals surface area contributed by atoms with Crippen LogP contribution in [0.15, 0.2) is 12.2 Å². The van der Waals surface area contributed by atoms with Crippen LogP contribution in [0.5, 0.6) is 0 Å². The van der Waals surface area contributed by atoms with Gasteiger partial charge in [0.1, 0.15) is 0 Å². The summed E-state index contributed by atoms with van der Waals surface area (Å²) in [6.07, 6.45) is 2.85. The van der Waals surface area contributed by atoms with E-state index < -0.39 is 11.8 Å². The van der Waals surface area contributed by atoms with Crippen LogP contribution in [-0.2, 0) is 33.4 Å². The van der Waals surface area contributed by atoms with Gasteiger partial charge in [-0.1, -0.05) is 21.6 Å². The molecule has 11 nitrogen and oxygen atoms in total. The highest BCUT2D eigenvalue weighted by Crippen LogP contribution is 2.37. The zero-order valence-electron chi connectivity index (χ0n) is 21.0. The van der Waals surface area contributed by atoms with Crippen molar-refractivity contribution in [2.24, 2.45) is 0 Å². The van der Waals surface area contributed by atoms with E-state index in [0.717, 1.165) is 17.2 Å². The molecule has 0 aromatic carbocycles. The predicted octanol–water partition coefficient (Wildman–Crippen LogP) is -0.193. The zero-order chi connectivity index (χ0) is 26.7. The molecule has 2 radical (unpaired) electrons. The lowest BCUT2D eigenvalue weighted by Gasteiger charge is -2.22. The maximum Gasteiger partial charge on any atom is 0.253 e. The van der Waals surface area contributed by atoms with Crippen molar-refractivity contribution in [3.63, 3.8) is 0 Å². The molecule has 1 rings (SSSR count).